The van der Waals surface area contributed by atoms with Crippen molar-refractivity contribution in [2.75, 3.05) is 7.11 Å². The number of benzene rings is 1. The molecule has 1 aromatic rings. The largest absolute Gasteiger partial charge is 0.497 e. The van der Waals surface area contributed by atoms with Crippen molar-refractivity contribution in [3.05, 3.63) is 29.8 Å². The zero-order valence-electron chi connectivity index (χ0n) is 7.53. The van der Waals surface area contributed by atoms with E-state index in [2.05, 4.69) is 0 Å². The van der Waals surface area contributed by atoms with Gasteiger partial charge in [0.1, 0.15) is 5.75 Å². The number of ether oxygens (including phenoxy) is 1. The Balaban J connectivity index is 2.74. The summed E-state index contributed by atoms with van der Waals surface area (Å²) in [5.41, 5.74) is 6.69. The Labute approximate surface area is 77.7 Å². The molecule has 68 valence electrons. The monoisotopic (exact) mass is 176 g/mol. The summed E-state index contributed by atoms with van der Waals surface area (Å²) in [4.78, 5) is 0. The Hall–Kier alpha value is -1.53. The van der Waals surface area contributed by atoms with Crippen LogP contribution >= 0.6 is 0 Å². The molecule has 0 aliphatic carbocycles. The average molecular weight is 176 g/mol. The summed E-state index contributed by atoms with van der Waals surface area (Å²) >= 11 is 0. The minimum Gasteiger partial charge on any atom is -0.497 e. The molecule has 0 saturated heterocycles. The van der Waals surface area contributed by atoms with Crippen LogP contribution in [0.15, 0.2) is 24.3 Å². The first-order valence-electron chi connectivity index (χ1n) is 4.04. The van der Waals surface area contributed by atoms with E-state index in [-0.39, 0.29) is 6.04 Å². The van der Waals surface area contributed by atoms with Crippen LogP contribution in [0.5, 0.6) is 5.75 Å². The zero-order chi connectivity index (χ0) is 9.68. The molecular weight excluding hydrogens is 164 g/mol. The predicted molar refractivity (Wildman–Crippen MR) is 50.2 cm³/mol. The van der Waals surface area contributed by atoms with E-state index in [1.165, 1.54) is 0 Å². The summed E-state index contributed by atoms with van der Waals surface area (Å²) in [6.07, 6.45) is 0.340. The fraction of sp³-hybridized carbons (Fsp3) is 0.300. The molecule has 0 saturated carbocycles. The lowest BCUT2D eigenvalue weighted by Crippen LogP contribution is -2.08. The number of hydrogen-bond acceptors (Lipinski definition) is 3. The highest BCUT2D eigenvalue weighted by Crippen LogP contribution is 2.17. The lowest BCUT2D eigenvalue weighted by molar-refractivity contribution is 0.414. The Morgan fingerprint density at radius 3 is 2.54 bits per heavy atom. The second-order valence-corrected chi connectivity index (χ2v) is 2.74. The summed E-state index contributed by atoms with van der Waals surface area (Å²) < 4.78 is 5.00. The first-order chi connectivity index (χ1) is 6.27. The maximum Gasteiger partial charge on any atom is 0.118 e. The van der Waals surface area contributed by atoms with Crippen LogP contribution < -0.4 is 10.5 Å². The van der Waals surface area contributed by atoms with Crippen molar-refractivity contribution in [1.29, 1.82) is 5.26 Å². The lowest BCUT2D eigenvalue weighted by Gasteiger charge is -2.07. The molecule has 13 heavy (non-hydrogen) atoms. The van der Waals surface area contributed by atoms with Gasteiger partial charge in [-0.15, -0.1) is 0 Å². The van der Waals surface area contributed by atoms with Gasteiger partial charge in [-0.2, -0.15) is 5.26 Å². The molecule has 0 spiro atoms. The minimum absolute atomic E-state index is 0.198. The molecule has 0 aliphatic rings. The van der Waals surface area contributed by atoms with Crippen molar-refractivity contribution in [3.63, 3.8) is 0 Å². The van der Waals surface area contributed by atoms with Crippen molar-refractivity contribution in [3.8, 4) is 11.8 Å². The molecule has 0 unspecified atom stereocenters. The molecule has 2 N–H and O–H groups in total. The van der Waals surface area contributed by atoms with E-state index < -0.39 is 0 Å². The number of nitrogens with zero attached hydrogens (tertiary/aromatic N) is 1. The Kier molecular flexibility index (Phi) is 3.30. The third-order valence-corrected chi connectivity index (χ3v) is 1.86. The molecule has 0 amide bonds. The van der Waals surface area contributed by atoms with Crippen LogP contribution in [0.25, 0.3) is 0 Å². The maximum atomic E-state index is 8.44. The topological polar surface area (TPSA) is 59.0 Å². The second-order valence-electron chi connectivity index (χ2n) is 2.74. The SMILES string of the molecule is COc1ccc([C@@H](N)CC#N)cc1. The summed E-state index contributed by atoms with van der Waals surface area (Å²) in [7, 11) is 1.62. The standard InChI is InChI=1S/C10H12N2O/c1-13-9-4-2-8(3-5-9)10(12)6-7-11/h2-5,10H,6,12H2,1H3/t10-/m0/s1. The summed E-state index contributed by atoms with van der Waals surface area (Å²) in [5, 5.41) is 8.44. The molecule has 0 fully saturated rings. The van der Waals surface area contributed by atoms with Crippen molar-refractivity contribution in [1.82, 2.24) is 0 Å². The molecule has 0 aliphatic heterocycles. The van der Waals surface area contributed by atoms with Crippen LogP contribution in [0.2, 0.25) is 0 Å². The third kappa shape index (κ3) is 2.46. The molecule has 1 rings (SSSR count). The quantitative estimate of drug-likeness (QED) is 0.761. The van der Waals surface area contributed by atoms with Gasteiger partial charge in [0.25, 0.3) is 0 Å². The molecule has 1 aromatic carbocycles. The maximum absolute atomic E-state index is 8.44. The van der Waals surface area contributed by atoms with Crippen LogP contribution in [0.1, 0.15) is 18.0 Å². The van der Waals surface area contributed by atoms with Crippen LogP contribution in [-0.2, 0) is 0 Å². The van der Waals surface area contributed by atoms with Crippen LogP contribution in [-0.4, -0.2) is 7.11 Å². The first kappa shape index (κ1) is 9.56. The van der Waals surface area contributed by atoms with Gasteiger partial charge in [-0.3, -0.25) is 0 Å². The molecule has 0 bridgehead atoms. The highest BCUT2D eigenvalue weighted by atomic mass is 16.5. The van der Waals surface area contributed by atoms with Crippen molar-refractivity contribution < 1.29 is 4.74 Å². The molecule has 0 radical (unpaired) electrons. The van der Waals surface area contributed by atoms with Crippen LogP contribution in [0, 0.1) is 11.3 Å². The van der Waals surface area contributed by atoms with Crippen molar-refractivity contribution in [2.45, 2.75) is 12.5 Å². The average Bonchev–Trinajstić information content (AvgIpc) is 2.18. The van der Waals surface area contributed by atoms with Gasteiger partial charge in [0, 0.05) is 6.04 Å². The van der Waals surface area contributed by atoms with E-state index in [0.29, 0.717) is 6.42 Å². The number of nitrogens with two attached hydrogens (primary N) is 1. The number of methoxy groups -OCH3 is 1. The molecule has 3 nitrogen and oxygen atoms in total. The number of nitriles is 1. The normalized spacial score (nSPS) is 11.8. The molecule has 3 heteroatoms. The van der Waals surface area contributed by atoms with E-state index in [1.807, 2.05) is 30.3 Å². The van der Waals surface area contributed by atoms with Gasteiger partial charge in [0.15, 0.2) is 0 Å². The predicted octanol–water partition coefficient (Wildman–Crippen LogP) is 1.61. The van der Waals surface area contributed by atoms with Crippen LogP contribution in [0.3, 0.4) is 0 Å². The Bertz CT molecular complexity index is 300. The highest BCUT2D eigenvalue weighted by Gasteiger charge is 2.04. The third-order valence-electron chi connectivity index (χ3n) is 1.86. The fourth-order valence-corrected chi connectivity index (χ4v) is 1.07. The van der Waals surface area contributed by atoms with Gasteiger partial charge >= 0.3 is 0 Å². The molecule has 0 heterocycles. The van der Waals surface area contributed by atoms with Gasteiger partial charge in [0.2, 0.25) is 0 Å². The van der Waals surface area contributed by atoms with E-state index in [9.17, 15) is 0 Å². The number of rotatable bonds is 3. The first-order valence-corrected chi connectivity index (χ1v) is 4.04. The molecular formula is C10H12N2O. The summed E-state index contributed by atoms with van der Waals surface area (Å²) in [6, 6.07) is 9.27. The van der Waals surface area contributed by atoms with Gasteiger partial charge in [0.05, 0.1) is 19.6 Å². The smallest absolute Gasteiger partial charge is 0.118 e. The highest BCUT2D eigenvalue weighted by molar-refractivity contribution is 5.29. The zero-order valence-corrected chi connectivity index (χ0v) is 7.53. The minimum atomic E-state index is -0.198. The summed E-state index contributed by atoms with van der Waals surface area (Å²) in [5.74, 6) is 0.799. The fourth-order valence-electron chi connectivity index (χ4n) is 1.07. The Morgan fingerprint density at radius 1 is 1.46 bits per heavy atom. The molecule has 0 aromatic heterocycles. The Morgan fingerprint density at radius 2 is 2.08 bits per heavy atom. The van der Waals surface area contributed by atoms with Crippen molar-refractivity contribution in [2.24, 2.45) is 5.73 Å². The second kappa shape index (κ2) is 4.48. The van der Waals surface area contributed by atoms with Gasteiger partial charge < -0.3 is 10.5 Å². The number of hydrogen-bond donors (Lipinski definition) is 1. The van der Waals surface area contributed by atoms with Gasteiger partial charge in [-0.25, -0.2) is 0 Å². The molecule has 1 atom stereocenters. The van der Waals surface area contributed by atoms with Crippen LogP contribution in [0.4, 0.5) is 0 Å². The van der Waals surface area contributed by atoms with E-state index in [4.69, 9.17) is 15.7 Å². The summed E-state index contributed by atoms with van der Waals surface area (Å²) in [6.45, 7) is 0. The van der Waals surface area contributed by atoms with Gasteiger partial charge in [-0.05, 0) is 17.7 Å². The van der Waals surface area contributed by atoms with Crippen molar-refractivity contribution >= 4 is 0 Å². The lowest BCUT2D eigenvalue weighted by atomic mass is 10.1. The van der Waals surface area contributed by atoms with E-state index >= 15 is 0 Å². The van der Waals surface area contributed by atoms with Gasteiger partial charge in [-0.1, -0.05) is 12.1 Å². The van der Waals surface area contributed by atoms with E-state index in [0.717, 1.165) is 11.3 Å². The van der Waals surface area contributed by atoms with E-state index in [1.54, 1.807) is 7.11 Å².